The molecule has 0 aliphatic carbocycles. The Morgan fingerprint density at radius 2 is 1.75 bits per heavy atom. The standard InChI is InChI=1S/C8H18N.C2H7NO3S/c1-3-6-9(2)7-4-5-8-9;1-2-6-7(3,4)5/h3-8H2,1-2H3;2H2,1H3,(H2,3,4,5)/q+1;. The monoisotopic (exact) mass is 253 g/mol. The number of nitrogens with two attached hydrogens (primary N) is 1. The predicted molar refractivity (Wildman–Crippen MR) is 65.0 cm³/mol. The number of hydrogen-bond donors (Lipinski definition) is 1. The smallest absolute Gasteiger partial charge is 0.326 e. The fraction of sp³-hybridized carbons (Fsp3) is 1.00. The Morgan fingerprint density at radius 3 is 2.00 bits per heavy atom. The summed E-state index contributed by atoms with van der Waals surface area (Å²) in [4.78, 5) is 0. The summed E-state index contributed by atoms with van der Waals surface area (Å²) in [5.74, 6) is 0. The van der Waals surface area contributed by atoms with Gasteiger partial charge in [-0.2, -0.15) is 8.42 Å². The molecule has 16 heavy (non-hydrogen) atoms. The summed E-state index contributed by atoms with van der Waals surface area (Å²) in [6.07, 6.45) is 4.25. The minimum Gasteiger partial charge on any atom is -0.326 e. The highest BCUT2D eigenvalue weighted by Crippen LogP contribution is 2.15. The largest absolute Gasteiger partial charge is 0.333 e. The van der Waals surface area contributed by atoms with Gasteiger partial charge in [-0.15, -0.1) is 0 Å². The van der Waals surface area contributed by atoms with E-state index in [1.165, 1.54) is 43.4 Å². The molecule has 0 aromatic rings. The van der Waals surface area contributed by atoms with Gasteiger partial charge in [0, 0.05) is 12.8 Å². The maximum Gasteiger partial charge on any atom is 0.333 e. The second-order valence-electron chi connectivity index (χ2n) is 4.40. The molecule has 0 unspecified atom stereocenters. The molecule has 5 nitrogen and oxygen atoms in total. The SMILES string of the molecule is CCC[N+]1(C)CCCC1.CCOS(N)(=O)=O. The highest BCUT2D eigenvalue weighted by molar-refractivity contribution is 7.84. The van der Waals surface area contributed by atoms with Crippen molar-refractivity contribution < 1.29 is 17.1 Å². The highest BCUT2D eigenvalue weighted by atomic mass is 32.2. The van der Waals surface area contributed by atoms with Crippen LogP contribution in [0.15, 0.2) is 0 Å². The Hall–Kier alpha value is -0.170. The molecule has 0 amide bonds. The van der Waals surface area contributed by atoms with Crippen LogP contribution in [0.3, 0.4) is 0 Å². The van der Waals surface area contributed by atoms with Crippen LogP contribution in [0.4, 0.5) is 0 Å². The lowest BCUT2D eigenvalue weighted by Gasteiger charge is -2.28. The molecule has 0 spiro atoms. The lowest BCUT2D eigenvalue weighted by molar-refractivity contribution is -0.897. The quantitative estimate of drug-likeness (QED) is 0.756. The van der Waals surface area contributed by atoms with Crippen LogP contribution < -0.4 is 5.14 Å². The van der Waals surface area contributed by atoms with E-state index in [0.29, 0.717) is 0 Å². The van der Waals surface area contributed by atoms with Crippen LogP contribution in [-0.2, 0) is 14.5 Å². The summed E-state index contributed by atoms with van der Waals surface area (Å²) in [5.41, 5.74) is 0. The predicted octanol–water partition coefficient (Wildman–Crippen LogP) is 0.863. The third-order valence-corrected chi connectivity index (χ3v) is 3.26. The molecule has 1 heterocycles. The number of nitrogens with zero attached hydrogens (tertiary/aromatic N) is 1. The van der Waals surface area contributed by atoms with Gasteiger partial charge in [0.15, 0.2) is 0 Å². The molecule has 6 heteroatoms. The molecule has 1 rings (SSSR count). The van der Waals surface area contributed by atoms with E-state index in [9.17, 15) is 8.42 Å². The third-order valence-electron chi connectivity index (χ3n) is 2.69. The average Bonchev–Trinajstić information content (AvgIpc) is 2.51. The van der Waals surface area contributed by atoms with Crippen LogP contribution in [0.2, 0.25) is 0 Å². The van der Waals surface area contributed by atoms with Crippen molar-refractivity contribution in [3.05, 3.63) is 0 Å². The van der Waals surface area contributed by atoms with Gasteiger partial charge in [-0.05, 0) is 13.3 Å². The zero-order valence-corrected chi connectivity index (χ0v) is 11.4. The molecule has 2 N–H and O–H groups in total. The first kappa shape index (κ1) is 15.8. The molecule has 0 bridgehead atoms. The zero-order valence-electron chi connectivity index (χ0n) is 10.6. The van der Waals surface area contributed by atoms with Crippen molar-refractivity contribution in [2.24, 2.45) is 5.14 Å². The average molecular weight is 253 g/mol. The number of quaternary nitrogens is 1. The van der Waals surface area contributed by atoms with Crippen molar-refractivity contribution in [3.63, 3.8) is 0 Å². The Bertz CT molecular complexity index is 272. The first-order chi connectivity index (χ1) is 7.33. The molecule has 0 saturated carbocycles. The van der Waals surface area contributed by atoms with Gasteiger partial charge in [-0.1, -0.05) is 6.92 Å². The first-order valence-corrected chi connectivity index (χ1v) is 7.31. The van der Waals surface area contributed by atoms with Crippen LogP contribution in [-0.4, -0.2) is 46.2 Å². The molecule has 0 aromatic heterocycles. The van der Waals surface area contributed by atoms with Gasteiger partial charge in [-0.3, -0.25) is 4.18 Å². The zero-order chi connectivity index (χ0) is 12.7. The fourth-order valence-electron chi connectivity index (χ4n) is 2.03. The second kappa shape index (κ2) is 7.21. The van der Waals surface area contributed by atoms with Gasteiger partial charge >= 0.3 is 10.3 Å². The lowest BCUT2D eigenvalue weighted by Crippen LogP contribution is -2.41. The van der Waals surface area contributed by atoms with E-state index in [2.05, 4.69) is 23.3 Å². The van der Waals surface area contributed by atoms with Crippen molar-refractivity contribution in [1.29, 1.82) is 0 Å². The Kier molecular flexibility index (Phi) is 7.14. The summed E-state index contributed by atoms with van der Waals surface area (Å²) in [6, 6.07) is 0. The number of likely N-dealkylation sites (tertiary alicyclic amines) is 1. The third kappa shape index (κ3) is 8.04. The minimum absolute atomic E-state index is 0.0961. The van der Waals surface area contributed by atoms with Crippen LogP contribution in [0.1, 0.15) is 33.1 Å². The Morgan fingerprint density at radius 1 is 1.25 bits per heavy atom. The van der Waals surface area contributed by atoms with Crippen LogP contribution in [0.5, 0.6) is 0 Å². The highest BCUT2D eigenvalue weighted by Gasteiger charge is 2.24. The van der Waals surface area contributed by atoms with E-state index in [-0.39, 0.29) is 6.61 Å². The molecular formula is C10H25N2O3S+. The van der Waals surface area contributed by atoms with E-state index in [1.807, 2.05) is 0 Å². The van der Waals surface area contributed by atoms with Crippen molar-refractivity contribution in [3.8, 4) is 0 Å². The van der Waals surface area contributed by atoms with Crippen molar-refractivity contribution in [1.82, 2.24) is 0 Å². The molecule has 1 saturated heterocycles. The van der Waals surface area contributed by atoms with Crippen LogP contribution in [0.25, 0.3) is 0 Å². The van der Waals surface area contributed by atoms with E-state index < -0.39 is 10.3 Å². The van der Waals surface area contributed by atoms with Gasteiger partial charge < -0.3 is 4.48 Å². The van der Waals surface area contributed by atoms with Gasteiger partial charge in [-0.25, -0.2) is 5.14 Å². The molecule has 0 aromatic carbocycles. The van der Waals surface area contributed by atoms with Gasteiger partial charge in [0.1, 0.15) is 0 Å². The maximum absolute atomic E-state index is 9.79. The van der Waals surface area contributed by atoms with E-state index in [4.69, 9.17) is 0 Å². The second-order valence-corrected chi connectivity index (χ2v) is 5.62. The van der Waals surface area contributed by atoms with Gasteiger partial charge in [0.2, 0.25) is 0 Å². The Balaban J connectivity index is 0.000000293. The van der Waals surface area contributed by atoms with Gasteiger partial charge in [0.25, 0.3) is 0 Å². The van der Waals surface area contributed by atoms with Crippen molar-refractivity contribution in [2.75, 3.05) is 33.3 Å². The molecule has 1 fully saturated rings. The molecule has 98 valence electrons. The van der Waals surface area contributed by atoms with E-state index in [0.717, 1.165) is 0 Å². The van der Waals surface area contributed by atoms with E-state index in [1.54, 1.807) is 6.92 Å². The molecule has 1 aliphatic rings. The number of hydrogen-bond acceptors (Lipinski definition) is 3. The normalized spacial score (nSPS) is 19.0. The molecular weight excluding hydrogens is 228 g/mol. The van der Waals surface area contributed by atoms with Crippen molar-refractivity contribution >= 4 is 10.3 Å². The Labute approximate surface area is 99.4 Å². The molecule has 0 radical (unpaired) electrons. The lowest BCUT2D eigenvalue weighted by atomic mass is 10.4. The van der Waals surface area contributed by atoms with Crippen LogP contribution in [0, 0.1) is 0 Å². The molecule has 0 atom stereocenters. The summed E-state index contributed by atoms with van der Waals surface area (Å²) in [6.45, 7) is 8.16. The summed E-state index contributed by atoms with van der Waals surface area (Å²) in [7, 11) is -1.29. The fourth-order valence-corrected chi connectivity index (χ4v) is 2.36. The number of rotatable bonds is 4. The topological polar surface area (TPSA) is 69.4 Å². The summed E-state index contributed by atoms with van der Waals surface area (Å²) in [5, 5.41) is 4.40. The summed E-state index contributed by atoms with van der Waals surface area (Å²) < 4.78 is 24.9. The minimum atomic E-state index is -3.67. The first-order valence-electron chi connectivity index (χ1n) is 5.83. The molecule has 1 aliphatic heterocycles. The van der Waals surface area contributed by atoms with E-state index >= 15 is 0 Å². The van der Waals surface area contributed by atoms with Crippen LogP contribution >= 0.6 is 0 Å². The maximum atomic E-state index is 9.79. The summed E-state index contributed by atoms with van der Waals surface area (Å²) >= 11 is 0. The van der Waals surface area contributed by atoms with Crippen molar-refractivity contribution in [2.45, 2.75) is 33.1 Å². The van der Waals surface area contributed by atoms with Gasteiger partial charge in [0.05, 0.1) is 33.3 Å².